The highest BCUT2D eigenvalue weighted by molar-refractivity contribution is 6.16. The Morgan fingerprint density at radius 1 is 1.46 bits per heavy atom. The zero-order valence-corrected chi connectivity index (χ0v) is 14.7. The van der Waals surface area contributed by atoms with Gasteiger partial charge >= 0.3 is 0 Å². The van der Waals surface area contributed by atoms with Gasteiger partial charge in [-0.25, -0.2) is 4.39 Å². The molecule has 2 aromatic heterocycles. The standard InChI is InChI=1S/C18H21FN6O/c1-10-5-13(20)15-12(17(26)22-14-6-11(2)23-24-14)8-25(16(15)21-7-10)18(9-19)3-4-18/h6-8,20-21H,3-5,9H2,1-2H3,(H2,22,23,24,26). The van der Waals surface area contributed by atoms with Crippen molar-refractivity contribution in [1.82, 2.24) is 14.8 Å². The van der Waals surface area contributed by atoms with E-state index in [2.05, 4.69) is 20.8 Å². The first-order chi connectivity index (χ1) is 12.4. The van der Waals surface area contributed by atoms with E-state index in [9.17, 15) is 9.18 Å². The molecule has 0 saturated heterocycles. The van der Waals surface area contributed by atoms with E-state index in [0.29, 0.717) is 34.9 Å². The van der Waals surface area contributed by atoms with Gasteiger partial charge in [-0.05, 0) is 26.7 Å². The molecule has 1 saturated carbocycles. The largest absolute Gasteiger partial charge is 0.348 e. The lowest BCUT2D eigenvalue weighted by Gasteiger charge is -2.17. The number of allylic oxidation sites excluding steroid dienone is 1. The predicted octanol–water partition coefficient (Wildman–Crippen LogP) is 3.32. The highest BCUT2D eigenvalue weighted by atomic mass is 19.1. The molecule has 1 amide bonds. The minimum Gasteiger partial charge on any atom is -0.348 e. The zero-order valence-electron chi connectivity index (χ0n) is 14.7. The van der Waals surface area contributed by atoms with Gasteiger partial charge in [0.1, 0.15) is 12.5 Å². The van der Waals surface area contributed by atoms with Crippen molar-refractivity contribution in [3.8, 4) is 0 Å². The third kappa shape index (κ3) is 2.61. The molecule has 2 aliphatic rings. The summed E-state index contributed by atoms with van der Waals surface area (Å²) in [5, 5.41) is 21.2. The molecule has 8 heteroatoms. The average Bonchev–Trinajstić information content (AvgIpc) is 3.18. The predicted molar refractivity (Wildman–Crippen MR) is 97.7 cm³/mol. The van der Waals surface area contributed by atoms with E-state index < -0.39 is 12.2 Å². The molecule has 0 bridgehead atoms. The number of anilines is 2. The summed E-state index contributed by atoms with van der Waals surface area (Å²) in [6.45, 7) is 3.27. The van der Waals surface area contributed by atoms with E-state index in [0.717, 1.165) is 24.1 Å². The van der Waals surface area contributed by atoms with Crippen molar-refractivity contribution in [2.45, 2.75) is 38.6 Å². The molecular weight excluding hydrogens is 335 g/mol. The minimum atomic E-state index is -0.606. The molecule has 2 aromatic rings. The van der Waals surface area contributed by atoms with Gasteiger partial charge in [0.25, 0.3) is 5.91 Å². The first-order valence-corrected chi connectivity index (χ1v) is 8.59. The second kappa shape index (κ2) is 5.82. The van der Waals surface area contributed by atoms with Crippen LogP contribution < -0.4 is 10.6 Å². The van der Waals surface area contributed by atoms with Crippen molar-refractivity contribution < 1.29 is 9.18 Å². The van der Waals surface area contributed by atoms with Crippen LogP contribution in [0.25, 0.3) is 0 Å². The summed E-state index contributed by atoms with van der Waals surface area (Å²) in [4.78, 5) is 12.9. The van der Waals surface area contributed by atoms with Crippen LogP contribution in [0, 0.1) is 12.3 Å². The van der Waals surface area contributed by atoms with Crippen molar-refractivity contribution in [3.05, 3.63) is 40.9 Å². The monoisotopic (exact) mass is 356 g/mol. The third-order valence-electron chi connectivity index (χ3n) is 5.00. The molecule has 0 spiro atoms. The Kier molecular flexibility index (Phi) is 3.71. The third-order valence-corrected chi connectivity index (χ3v) is 5.00. The number of H-pyrrole nitrogens is 1. The summed E-state index contributed by atoms with van der Waals surface area (Å²) < 4.78 is 15.5. The van der Waals surface area contributed by atoms with Gasteiger partial charge in [-0.2, -0.15) is 5.10 Å². The zero-order chi connectivity index (χ0) is 18.5. The van der Waals surface area contributed by atoms with Gasteiger partial charge in [0.15, 0.2) is 5.82 Å². The number of halogens is 1. The van der Waals surface area contributed by atoms with Crippen molar-refractivity contribution in [3.63, 3.8) is 0 Å². The Hall–Kier alpha value is -2.90. The van der Waals surface area contributed by atoms with Crippen molar-refractivity contribution >= 4 is 23.3 Å². The molecule has 26 heavy (non-hydrogen) atoms. The summed E-state index contributed by atoms with van der Waals surface area (Å²) in [6, 6.07) is 1.73. The van der Waals surface area contributed by atoms with E-state index in [1.165, 1.54) is 0 Å². The molecule has 0 atom stereocenters. The Morgan fingerprint density at radius 2 is 2.23 bits per heavy atom. The molecule has 0 unspecified atom stereocenters. The maximum Gasteiger partial charge on any atom is 0.259 e. The van der Waals surface area contributed by atoms with Gasteiger partial charge in [0.05, 0.1) is 16.7 Å². The van der Waals surface area contributed by atoms with E-state index in [1.54, 1.807) is 16.8 Å². The maximum absolute atomic E-state index is 13.7. The Balaban J connectivity index is 1.78. The van der Waals surface area contributed by atoms with Crippen LogP contribution >= 0.6 is 0 Å². The summed E-state index contributed by atoms with van der Waals surface area (Å²) in [5.74, 6) is 0.681. The van der Waals surface area contributed by atoms with Crippen LogP contribution in [0.2, 0.25) is 0 Å². The quantitative estimate of drug-likeness (QED) is 0.676. The van der Waals surface area contributed by atoms with E-state index in [4.69, 9.17) is 5.41 Å². The number of hydrogen-bond acceptors (Lipinski definition) is 4. The number of carbonyl (C=O) groups is 1. The van der Waals surface area contributed by atoms with E-state index in [1.807, 2.05) is 20.0 Å². The van der Waals surface area contributed by atoms with Gasteiger partial charge in [0, 0.05) is 36.3 Å². The number of aromatic amines is 1. The number of aromatic nitrogens is 3. The number of hydrogen-bond donors (Lipinski definition) is 4. The number of carbonyl (C=O) groups excluding carboxylic acids is 1. The van der Waals surface area contributed by atoms with Crippen LogP contribution in [0.4, 0.5) is 16.0 Å². The fourth-order valence-corrected chi connectivity index (χ4v) is 3.36. The van der Waals surface area contributed by atoms with Gasteiger partial charge in [0.2, 0.25) is 0 Å². The van der Waals surface area contributed by atoms with Crippen LogP contribution in [-0.2, 0) is 5.54 Å². The number of rotatable bonds is 4. The second-order valence-corrected chi connectivity index (χ2v) is 7.18. The van der Waals surface area contributed by atoms with Gasteiger partial charge in [-0.3, -0.25) is 9.89 Å². The Bertz CT molecular complexity index is 934. The molecule has 4 N–H and O–H groups in total. The molecule has 7 nitrogen and oxygen atoms in total. The van der Waals surface area contributed by atoms with Gasteiger partial charge in [-0.1, -0.05) is 5.57 Å². The van der Waals surface area contributed by atoms with Gasteiger partial charge in [-0.15, -0.1) is 0 Å². The van der Waals surface area contributed by atoms with Crippen LogP contribution in [0.3, 0.4) is 0 Å². The first kappa shape index (κ1) is 16.6. The molecule has 3 heterocycles. The lowest BCUT2D eigenvalue weighted by molar-refractivity contribution is 0.102. The number of aryl methyl sites for hydroxylation is 1. The van der Waals surface area contributed by atoms with Crippen LogP contribution in [0.1, 0.15) is 47.8 Å². The fraction of sp³-hybridized carbons (Fsp3) is 0.389. The second-order valence-electron chi connectivity index (χ2n) is 7.18. The Morgan fingerprint density at radius 3 is 2.85 bits per heavy atom. The Labute approximate surface area is 150 Å². The number of alkyl halides is 1. The minimum absolute atomic E-state index is 0.343. The highest BCUT2D eigenvalue weighted by Crippen LogP contribution is 2.48. The number of amides is 1. The van der Waals surface area contributed by atoms with Crippen molar-refractivity contribution in [2.75, 3.05) is 17.3 Å². The molecule has 4 rings (SSSR count). The first-order valence-electron chi connectivity index (χ1n) is 8.59. The summed E-state index contributed by atoms with van der Waals surface area (Å²) in [7, 11) is 0. The maximum atomic E-state index is 13.7. The summed E-state index contributed by atoms with van der Waals surface area (Å²) >= 11 is 0. The molecule has 1 fully saturated rings. The van der Waals surface area contributed by atoms with Gasteiger partial charge < -0.3 is 20.6 Å². The van der Waals surface area contributed by atoms with Crippen LogP contribution in [0.5, 0.6) is 0 Å². The van der Waals surface area contributed by atoms with E-state index >= 15 is 0 Å². The molecule has 136 valence electrons. The summed E-state index contributed by atoms with van der Waals surface area (Å²) in [5.41, 5.74) is 2.45. The van der Waals surface area contributed by atoms with Crippen LogP contribution in [0.15, 0.2) is 24.0 Å². The number of nitrogens with one attached hydrogen (secondary N) is 4. The van der Waals surface area contributed by atoms with E-state index in [-0.39, 0.29) is 5.91 Å². The van der Waals surface area contributed by atoms with Crippen molar-refractivity contribution in [1.29, 1.82) is 5.41 Å². The fourth-order valence-electron chi connectivity index (χ4n) is 3.36. The summed E-state index contributed by atoms with van der Waals surface area (Å²) in [6.07, 6.45) is 5.38. The number of nitrogens with zero attached hydrogens (tertiary/aromatic N) is 2. The van der Waals surface area contributed by atoms with Crippen LogP contribution in [-0.4, -0.2) is 33.1 Å². The normalized spacial score (nSPS) is 17.8. The lowest BCUT2D eigenvalue weighted by atomic mass is 10.0. The number of fused-ring (bicyclic) bond motifs is 1. The SMILES string of the molecule is CC1=CNc2c(c(C(=O)Nc3cc(C)[nH]n3)cn2C2(CF)CC2)C(=N)C1. The molecule has 1 aliphatic heterocycles. The van der Waals surface area contributed by atoms with Crippen molar-refractivity contribution in [2.24, 2.45) is 0 Å². The highest BCUT2D eigenvalue weighted by Gasteiger charge is 2.47. The molecule has 0 radical (unpaired) electrons. The average molecular weight is 356 g/mol. The smallest absolute Gasteiger partial charge is 0.259 e. The molecular formula is C18H21FN6O. The lowest BCUT2D eigenvalue weighted by Crippen LogP contribution is -2.20. The molecule has 1 aliphatic carbocycles. The molecule has 0 aromatic carbocycles. The topological polar surface area (TPSA) is 98.6 Å².